The molecule has 0 aliphatic carbocycles. The topological polar surface area (TPSA) is 23.6 Å². The normalized spacial score (nSPS) is 28.1. The predicted molar refractivity (Wildman–Crippen MR) is 60.9 cm³/mol. The molecule has 0 N–H and O–H groups in total. The van der Waals surface area contributed by atoms with Gasteiger partial charge < -0.3 is 14.6 Å². The number of aldehydes is 1. The molecule has 2 saturated heterocycles. The number of likely N-dealkylation sites (tertiary alicyclic amines) is 2. The quantitative estimate of drug-likeness (QED) is 0.635. The summed E-state index contributed by atoms with van der Waals surface area (Å²) in [4.78, 5) is 15.7. The van der Waals surface area contributed by atoms with Crippen LogP contribution in [0.25, 0.3) is 0 Å². The van der Waals surface area contributed by atoms with Crippen molar-refractivity contribution in [1.82, 2.24) is 9.80 Å². The Kier molecular flexibility index (Phi) is 3.76. The molecule has 2 heterocycles. The molecule has 0 amide bonds. The lowest BCUT2D eigenvalue weighted by molar-refractivity contribution is -0.112. The van der Waals surface area contributed by atoms with Gasteiger partial charge in [0.25, 0.3) is 0 Å². The van der Waals surface area contributed by atoms with E-state index in [1.54, 1.807) is 0 Å². The maximum atomic E-state index is 10.7. The van der Waals surface area contributed by atoms with Crippen molar-refractivity contribution < 1.29 is 4.79 Å². The van der Waals surface area contributed by atoms with Crippen molar-refractivity contribution in [2.24, 2.45) is 5.92 Å². The van der Waals surface area contributed by atoms with Gasteiger partial charge in [-0.05, 0) is 58.9 Å². The molecule has 0 saturated carbocycles. The zero-order valence-corrected chi connectivity index (χ0v) is 9.69. The fraction of sp³-hybridized carbons (Fsp3) is 0.917. The standard InChI is InChI=1S/C12H22N2O/c1-13-6-4-12(5-7-13)14-8-2-11(10-15)3-9-14/h10-12H,2-9H2,1H3. The van der Waals surface area contributed by atoms with Crippen molar-refractivity contribution in [2.45, 2.75) is 31.7 Å². The Morgan fingerprint density at radius 3 is 2.13 bits per heavy atom. The lowest BCUT2D eigenvalue weighted by atomic mass is 9.95. The second-order valence-corrected chi connectivity index (χ2v) is 5.04. The Labute approximate surface area is 92.4 Å². The first-order valence-electron chi connectivity index (χ1n) is 6.17. The van der Waals surface area contributed by atoms with Crippen LogP contribution in [0.1, 0.15) is 25.7 Å². The van der Waals surface area contributed by atoms with Gasteiger partial charge in [-0.3, -0.25) is 0 Å². The van der Waals surface area contributed by atoms with E-state index in [-0.39, 0.29) is 0 Å². The van der Waals surface area contributed by atoms with Gasteiger partial charge in [0, 0.05) is 12.0 Å². The van der Waals surface area contributed by atoms with E-state index >= 15 is 0 Å². The number of piperidine rings is 2. The molecule has 15 heavy (non-hydrogen) atoms. The molecule has 0 unspecified atom stereocenters. The molecule has 0 aromatic heterocycles. The molecule has 3 nitrogen and oxygen atoms in total. The average molecular weight is 210 g/mol. The van der Waals surface area contributed by atoms with Crippen LogP contribution in [0.3, 0.4) is 0 Å². The van der Waals surface area contributed by atoms with E-state index < -0.39 is 0 Å². The highest BCUT2D eigenvalue weighted by Gasteiger charge is 2.26. The van der Waals surface area contributed by atoms with Gasteiger partial charge in [-0.15, -0.1) is 0 Å². The van der Waals surface area contributed by atoms with Crippen LogP contribution in [-0.2, 0) is 4.79 Å². The minimum absolute atomic E-state index is 0.340. The molecule has 86 valence electrons. The van der Waals surface area contributed by atoms with Gasteiger partial charge >= 0.3 is 0 Å². The molecular formula is C12H22N2O. The van der Waals surface area contributed by atoms with Crippen LogP contribution in [0.15, 0.2) is 0 Å². The third-order valence-electron chi connectivity index (χ3n) is 3.97. The van der Waals surface area contributed by atoms with E-state index in [4.69, 9.17) is 0 Å². The summed E-state index contributed by atoms with van der Waals surface area (Å²) < 4.78 is 0. The van der Waals surface area contributed by atoms with E-state index in [0.29, 0.717) is 5.92 Å². The van der Waals surface area contributed by atoms with Crippen LogP contribution in [0.4, 0.5) is 0 Å². The Balaban J connectivity index is 1.78. The smallest absolute Gasteiger partial charge is 0.123 e. The molecule has 2 aliphatic heterocycles. The van der Waals surface area contributed by atoms with Gasteiger partial charge in [0.05, 0.1) is 0 Å². The second-order valence-electron chi connectivity index (χ2n) is 5.04. The number of hydrogen-bond donors (Lipinski definition) is 0. The summed E-state index contributed by atoms with van der Waals surface area (Å²) in [6.07, 6.45) is 5.92. The van der Waals surface area contributed by atoms with Crippen LogP contribution < -0.4 is 0 Å². The molecule has 2 fully saturated rings. The van der Waals surface area contributed by atoms with Gasteiger partial charge in [0.15, 0.2) is 0 Å². The highest BCUT2D eigenvalue weighted by Crippen LogP contribution is 2.22. The van der Waals surface area contributed by atoms with Crippen molar-refractivity contribution >= 4 is 6.29 Å². The predicted octanol–water partition coefficient (Wildman–Crippen LogP) is 0.991. The van der Waals surface area contributed by atoms with Crippen LogP contribution in [0.5, 0.6) is 0 Å². The molecule has 0 spiro atoms. The van der Waals surface area contributed by atoms with E-state index in [1.165, 1.54) is 25.9 Å². The second kappa shape index (κ2) is 5.08. The van der Waals surface area contributed by atoms with Gasteiger partial charge in [-0.2, -0.15) is 0 Å². The number of carbonyl (C=O) groups is 1. The molecule has 0 aromatic carbocycles. The fourth-order valence-corrected chi connectivity index (χ4v) is 2.78. The fourth-order valence-electron chi connectivity index (χ4n) is 2.78. The zero-order chi connectivity index (χ0) is 10.7. The van der Waals surface area contributed by atoms with Crippen LogP contribution in [-0.4, -0.2) is 55.4 Å². The minimum atomic E-state index is 0.340. The van der Waals surface area contributed by atoms with E-state index in [1.807, 2.05) is 0 Å². The largest absolute Gasteiger partial charge is 0.306 e. The van der Waals surface area contributed by atoms with Crippen LogP contribution in [0.2, 0.25) is 0 Å². The maximum absolute atomic E-state index is 10.7. The average Bonchev–Trinajstić information content (AvgIpc) is 2.30. The van der Waals surface area contributed by atoms with Gasteiger partial charge in [-0.25, -0.2) is 0 Å². The lowest BCUT2D eigenvalue weighted by Gasteiger charge is -2.40. The van der Waals surface area contributed by atoms with Crippen LogP contribution in [0, 0.1) is 5.92 Å². The Morgan fingerprint density at radius 1 is 1.00 bits per heavy atom. The van der Waals surface area contributed by atoms with Gasteiger partial charge in [-0.1, -0.05) is 0 Å². The van der Waals surface area contributed by atoms with Crippen molar-refractivity contribution in [3.63, 3.8) is 0 Å². The summed E-state index contributed by atoms with van der Waals surface area (Å²) in [6.45, 7) is 4.74. The monoisotopic (exact) mass is 210 g/mol. The Morgan fingerprint density at radius 2 is 1.60 bits per heavy atom. The third kappa shape index (κ3) is 2.79. The Bertz CT molecular complexity index is 204. The van der Waals surface area contributed by atoms with Crippen molar-refractivity contribution in [3.8, 4) is 0 Å². The summed E-state index contributed by atoms with van der Waals surface area (Å²) in [5.41, 5.74) is 0. The number of carbonyl (C=O) groups excluding carboxylic acids is 1. The van der Waals surface area contributed by atoms with Crippen molar-refractivity contribution in [2.75, 3.05) is 33.2 Å². The SMILES string of the molecule is CN1CCC(N2CCC(C=O)CC2)CC1. The van der Waals surface area contributed by atoms with Gasteiger partial charge in [0.1, 0.15) is 6.29 Å². The molecule has 3 heteroatoms. The summed E-state index contributed by atoms with van der Waals surface area (Å²) in [6, 6.07) is 0.786. The number of hydrogen-bond acceptors (Lipinski definition) is 3. The van der Waals surface area contributed by atoms with E-state index in [2.05, 4.69) is 16.8 Å². The van der Waals surface area contributed by atoms with Crippen LogP contribution >= 0.6 is 0 Å². The summed E-state index contributed by atoms with van der Waals surface area (Å²) >= 11 is 0. The first kappa shape index (κ1) is 11.1. The minimum Gasteiger partial charge on any atom is -0.306 e. The van der Waals surface area contributed by atoms with E-state index in [9.17, 15) is 4.79 Å². The lowest BCUT2D eigenvalue weighted by Crippen LogP contribution is -2.47. The Hall–Kier alpha value is -0.410. The highest BCUT2D eigenvalue weighted by molar-refractivity contribution is 5.53. The molecule has 2 aliphatic rings. The maximum Gasteiger partial charge on any atom is 0.123 e. The molecule has 0 bridgehead atoms. The molecule has 2 rings (SSSR count). The first-order valence-corrected chi connectivity index (χ1v) is 6.17. The molecule has 0 atom stereocenters. The zero-order valence-electron chi connectivity index (χ0n) is 9.69. The van der Waals surface area contributed by atoms with E-state index in [0.717, 1.165) is 38.3 Å². The molecular weight excluding hydrogens is 188 g/mol. The number of rotatable bonds is 2. The van der Waals surface area contributed by atoms with Crippen molar-refractivity contribution in [3.05, 3.63) is 0 Å². The highest BCUT2D eigenvalue weighted by atomic mass is 16.1. The number of nitrogens with zero attached hydrogens (tertiary/aromatic N) is 2. The first-order chi connectivity index (χ1) is 7.29. The summed E-state index contributed by atoms with van der Waals surface area (Å²) in [5.74, 6) is 0.340. The van der Waals surface area contributed by atoms with Crippen molar-refractivity contribution in [1.29, 1.82) is 0 Å². The summed E-state index contributed by atoms with van der Waals surface area (Å²) in [7, 11) is 2.20. The van der Waals surface area contributed by atoms with Gasteiger partial charge in [0.2, 0.25) is 0 Å². The molecule has 0 radical (unpaired) electrons. The summed E-state index contributed by atoms with van der Waals surface area (Å²) in [5, 5.41) is 0. The third-order valence-corrected chi connectivity index (χ3v) is 3.97. The molecule has 0 aromatic rings.